The molecule has 1 aliphatic rings. The van der Waals surface area contributed by atoms with Gasteiger partial charge >= 0.3 is 0 Å². The third-order valence-corrected chi connectivity index (χ3v) is 3.39. The smallest absolute Gasteiger partial charge is 0.251 e. The number of carbonyl (C=O) groups excluding carboxylic acids is 2. The molecule has 0 saturated heterocycles. The molecular weight excluding hydrogens is 240 g/mol. The number of hydrogen-bond donors (Lipinski definition) is 2. The highest BCUT2D eigenvalue weighted by Crippen LogP contribution is 2.19. The predicted molar refractivity (Wildman–Crippen MR) is 75.0 cm³/mol. The molecule has 102 valence electrons. The zero-order valence-corrected chi connectivity index (χ0v) is 11.4. The van der Waals surface area contributed by atoms with E-state index in [2.05, 4.69) is 10.6 Å². The molecule has 19 heavy (non-hydrogen) atoms. The van der Waals surface area contributed by atoms with Gasteiger partial charge in [0.1, 0.15) is 0 Å². The van der Waals surface area contributed by atoms with E-state index in [1.165, 1.54) is 0 Å². The van der Waals surface area contributed by atoms with E-state index in [0.29, 0.717) is 11.6 Å². The van der Waals surface area contributed by atoms with Gasteiger partial charge in [-0.05, 0) is 43.5 Å². The van der Waals surface area contributed by atoms with E-state index in [0.717, 1.165) is 24.9 Å². The van der Waals surface area contributed by atoms with Crippen LogP contribution >= 0.6 is 0 Å². The molecule has 0 radical (unpaired) electrons. The van der Waals surface area contributed by atoms with Crippen LogP contribution in [0.4, 0.5) is 5.69 Å². The molecule has 1 fully saturated rings. The fourth-order valence-electron chi connectivity index (χ4n) is 1.65. The minimum absolute atomic E-state index is 0.00200. The Morgan fingerprint density at radius 3 is 2.42 bits per heavy atom. The van der Waals surface area contributed by atoms with Gasteiger partial charge in [0.05, 0.1) is 0 Å². The molecule has 2 N–H and O–H groups in total. The van der Waals surface area contributed by atoms with Crippen molar-refractivity contribution in [2.75, 3.05) is 5.32 Å². The molecular formula is C15H20N2O2. The second kappa shape index (κ2) is 5.87. The summed E-state index contributed by atoms with van der Waals surface area (Å²) in [4.78, 5) is 23.5. The van der Waals surface area contributed by atoms with E-state index in [-0.39, 0.29) is 17.7 Å². The molecule has 0 aromatic heterocycles. The first kappa shape index (κ1) is 13.6. The summed E-state index contributed by atoms with van der Waals surface area (Å²) in [6.07, 6.45) is 2.97. The van der Waals surface area contributed by atoms with Gasteiger partial charge in [0.2, 0.25) is 5.91 Å². The molecule has 1 unspecified atom stereocenters. The van der Waals surface area contributed by atoms with Gasteiger partial charge in [-0.25, -0.2) is 0 Å². The maximum Gasteiger partial charge on any atom is 0.251 e. The van der Waals surface area contributed by atoms with Crippen molar-refractivity contribution in [1.82, 2.24) is 5.32 Å². The van der Waals surface area contributed by atoms with Crippen LogP contribution in [-0.4, -0.2) is 17.9 Å². The van der Waals surface area contributed by atoms with Crippen LogP contribution in [0.15, 0.2) is 24.3 Å². The molecule has 1 aromatic rings. The lowest BCUT2D eigenvalue weighted by molar-refractivity contribution is -0.119. The molecule has 4 nitrogen and oxygen atoms in total. The normalized spacial score (nSPS) is 15.7. The topological polar surface area (TPSA) is 58.2 Å². The lowest BCUT2D eigenvalue weighted by Gasteiger charge is -2.10. The van der Waals surface area contributed by atoms with Gasteiger partial charge in [-0.2, -0.15) is 0 Å². The molecule has 0 heterocycles. The SMILES string of the molecule is CCC(C)C(=O)Nc1ccc(C(=O)NC2CC2)cc1. The molecule has 1 atom stereocenters. The van der Waals surface area contributed by atoms with Crippen LogP contribution < -0.4 is 10.6 Å². The summed E-state index contributed by atoms with van der Waals surface area (Å²) in [6, 6.07) is 7.37. The maximum atomic E-state index is 11.8. The average molecular weight is 260 g/mol. The van der Waals surface area contributed by atoms with E-state index in [9.17, 15) is 9.59 Å². The molecule has 0 spiro atoms. The Kier molecular flexibility index (Phi) is 4.20. The Morgan fingerprint density at radius 1 is 1.26 bits per heavy atom. The Bertz CT molecular complexity index is 464. The van der Waals surface area contributed by atoms with Crippen LogP contribution in [0.1, 0.15) is 43.5 Å². The van der Waals surface area contributed by atoms with Gasteiger partial charge in [0, 0.05) is 23.2 Å². The van der Waals surface area contributed by atoms with Gasteiger partial charge in [-0.15, -0.1) is 0 Å². The molecule has 1 aromatic carbocycles. The van der Waals surface area contributed by atoms with Gasteiger partial charge in [-0.1, -0.05) is 13.8 Å². The van der Waals surface area contributed by atoms with E-state index in [1.54, 1.807) is 24.3 Å². The Balaban J connectivity index is 1.93. The van der Waals surface area contributed by atoms with E-state index < -0.39 is 0 Å². The van der Waals surface area contributed by atoms with Crippen molar-refractivity contribution < 1.29 is 9.59 Å². The highest BCUT2D eigenvalue weighted by atomic mass is 16.2. The van der Waals surface area contributed by atoms with Crippen molar-refractivity contribution in [1.29, 1.82) is 0 Å². The monoisotopic (exact) mass is 260 g/mol. The second-order valence-corrected chi connectivity index (χ2v) is 5.12. The van der Waals surface area contributed by atoms with Crippen molar-refractivity contribution in [2.45, 2.75) is 39.2 Å². The summed E-state index contributed by atoms with van der Waals surface area (Å²) in [5.41, 5.74) is 1.36. The van der Waals surface area contributed by atoms with Crippen molar-refractivity contribution in [2.24, 2.45) is 5.92 Å². The van der Waals surface area contributed by atoms with Crippen LogP contribution in [-0.2, 0) is 4.79 Å². The summed E-state index contributed by atoms with van der Waals surface area (Å²) < 4.78 is 0. The Hall–Kier alpha value is -1.84. The fraction of sp³-hybridized carbons (Fsp3) is 0.467. The molecule has 0 aliphatic heterocycles. The molecule has 2 amide bonds. The van der Waals surface area contributed by atoms with E-state index in [1.807, 2.05) is 13.8 Å². The fourth-order valence-corrected chi connectivity index (χ4v) is 1.65. The van der Waals surface area contributed by atoms with Crippen molar-refractivity contribution in [3.8, 4) is 0 Å². The first-order valence-corrected chi connectivity index (χ1v) is 6.82. The molecule has 4 heteroatoms. The molecule has 1 saturated carbocycles. The highest BCUT2D eigenvalue weighted by molar-refractivity contribution is 5.96. The van der Waals surface area contributed by atoms with Gasteiger partial charge in [-0.3, -0.25) is 9.59 Å². The largest absolute Gasteiger partial charge is 0.349 e. The average Bonchev–Trinajstić information content (AvgIpc) is 3.22. The van der Waals surface area contributed by atoms with Crippen molar-refractivity contribution in [3.05, 3.63) is 29.8 Å². The van der Waals surface area contributed by atoms with Gasteiger partial charge in [0.15, 0.2) is 0 Å². The number of rotatable bonds is 5. The third-order valence-electron chi connectivity index (χ3n) is 3.39. The van der Waals surface area contributed by atoms with Crippen molar-refractivity contribution >= 4 is 17.5 Å². The summed E-state index contributed by atoms with van der Waals surface area (Å²) in [5.74, 6) is -0.0298. The first-order valence-electron chi connectivity index (χ1n) is 6.82. The zero-order chi connectivity index (χ0) is 13.8. The molecule has 0 bridgehead atoms. The van der Waals surface area contributed by atoms with Crippen LogP contribution in [0.5, 0.6) is 0 Å². The van der Waals surface area contributed by atoms with Gasteiger partial charge in [0.25, 0.3) is 5.91 Å². The second-order valence-electron chi connectivity index (χ2n) is 5.12. The van der Waals surface area contributed by atoms with Crippen molar-refractivity contribution in [3.63, 3.8) is 0 Å². The summed E-state index contributed by atoms with van der Waals surface area (Å²) in [6.45, 7) is 3.88. The number of hydrogen-bond acceptors (Lipinski definition) is 2. The van der Waals surface area contributed by atoms with Crippen LogP contribution in [0.2, 0.25) is 0 Å². The summed E-state index contributed by atoms with van der Waals surface area (Å²) in [7, 11) is 0. The third kappa shape index (κ3) is 3.81. The molecule has 2 rings (SSSR count). The summed E-state index contributed by atoms with van der Waals surface area (Å²) >= 11 is 0. The number of carbonyl (C=O) groups is 2. The van der Waals surface area contributed by atoms with E-state index in [4.69, 9.17) is 0 Å². The number of anilines is 1. The predicted octanol–water partition coefficient (Wildman–Crippen LogP) is 2.56. The lowest BCUT2D eigenvalue weighted by Crippen LogP contribution is -2.25. The first-order chi connectivity index (χ1) is 9.10. The number of nitrogens with one attached hydrogen (secondary N) is 2. The minimum Gasteiger partial charge on any atom is -0.349 e. The van der Waals surface area contributed by atoms with Gasteiger partial charge < -0.3 is 10.6 Å². The number of benzene rings is 1. The highest BCUT2D eigenvalue weighted by Gasteiger charge is 2.23. The minimum atomic E-state index is -0.0395. The lowest BCUT2D eigenvalue weighted by atomic mass is 10.1. The number of amides is 2. The van der Waals surface area contributed by atoms with Crippen LogP contribution in [0, 0.1) is 5.92 Å². The van der Waals surface area contributed by atoms with E-state index >= 15 is 0 Å². The van der Waals surface area contributed by atoms with Crippen LogP contribution in [0.25, 0.3) is 0 Å². The molecule has 1 aliphatic carbocycles. The summed E-state index contributed by atoms with van der Waals surface area (Å²) in [5, 5.41) is 5.77. The Labute approximate surface area is 113 Å². The maximum absolute atomic E-state index is 11.8. The zero-order valence-electron chi connectivity index (χ0n) is 11.4. The van der Waals surface area contributed by atoms with Crippen LogP contribution in [0.3, 0.4) is 0 Å². The Morgan fingerprint density at radius 2 is 1.89 bits per heavy atom. The standard InChI is InChI=1S/C15H20N2O2/c1-3-10(2)14(18)16-12-6-4-11(5-7-12)15(19)17-13-8-9-13/h4-7,10,13H,3,8-9H2,1-2H3,(H,16,18)(H,17,19). The quantitative estimate of drug-likeness (QED) is 0.854.